The van der Waals surface area contributed by atoms with E-state index in [9.17, 15) is 4.79 Å². The monoisotopic (exact) mass is 355 g/mol. The fourth-order valence-corrected chi connectivity index (χ4v) is 2.73. The Labute approximate surface area is 149 Å². The topological polar surface area (TPSA) is 77.2 Å². The number of esters is 1. The molecule has 0 aliphatic rings. The standard InChI is InChI=1S/C18H17N3O3S/c1-2-23-17(22)10-7-13-5-8-14(9-6-13)19-12-16-20-18(21-24-16)15-4-3-11-25-15/h3-11,19H,2,12H2,1H3/b10-7+. The number of nitrogens with zero attached hydrogens (tertiary/aromatic N) is 2. The summed E-state index contributed by atoms with van der Waals surface area (Å²) >= 11 is 1.57. The van der Waals surface area contributed by atoms with Crippen LogP contribution in [0, 0.1) is 0 Å². The predicted molar refractivity (Wildman–Crippen MR) is 97.0 cm³/mol. The molecule has 3 aromatic rings. The molecule has 0 unspecified atom stereocenters. The molecule has 2 heterocycles. The van der Waals surface area contributed by atoms with Crippen molar-refractivity contribution in [3.63, 3.8) is 0 Å². The van der Waals surface area contributed by atoms with Crippen LogP contribution in [0.15, 0.2) is 52.4 Å². The summed E-state index contributed by atoms with van der Waals surface area (Å²) in [5, 5.41) is 9.17. The molecular weight excluding hydrogens is 338 g/mol. The van der Waals surface area contributed by atoms with Gasteiger partial charge in [0.25, 0.3) is 0 Å². The quantitative estimate of drug-likeness (QED) is 0.510. The molecule has 0 aliphatic carbocycles. The molecule has 0 saturated carbocycles. The lowest BCUT2D eigenvalue weighted by atomic mass is 10.2. The van der Waals surface area contributed by atoms with E-state index < -0.39 is 0 Å². The van der Waals surface area contributed by atoms with Crippen molar-refractivity contribution in [1.82, 2.24) is 10.1 Å². The second kappa shape index (κ2) is 8.25. The van der Waals surface area contributed by atoms with Crippen molar-refractivity contribution < 1.29 is 14.1 Å². The molecule has 6 nitrogen and oxygen atoms in total. The Morgan fingerprint density at radius 3 is 2.88 bits per heavy atom. The number of aromatic nitrogens is 2. The van der Waals surface area contributed by atoms with Crippen LogP contribution in [0.4, 0.5) is 5.69 Å². The SMILES string of the molecule is CCOC(=O)/C=C/c1ccc(NCc2nc(-c3cccs3)no2)cc1. The third kappa shape index (κ3) is 4.77. The zero-order chi connectivity index (χ0) is 17.5. The zero-order valence-electron chi connectivity index (χ0n) is 13.6. The van der Waals surface area contributed by atoms with Crippen molar-refractivity contribution in [1.29, 1.82) is 0 Å². The molecule has 7 heteroatoms. The van der Waals surface area contributed by atoms with Crippen LogP contribution in [0.2, 0.25) is 0 Å². The first-order valence-corrected chi connectivity index (χ1v) is 8.68. The van der Waals surface area contributed by atoms with Crippen LogP contribution in [-0.2, 0) is 16.1 Å². The van der Waals surface area contributed by atoms with Crippen molar-refractivity contribution in [3.05, 3.63) is 59.3 Å². The number of ether oxygens (including phenoxy) is 1. The minimum Gasteiger partial charge on any atom is -0.463 e. The highest BCUT2D eigenvalue weighted by atomic mass is 32.1. The molecule has 0 amide bonds. The van der Waals surface area contributed by atoms with Gasteiger partial charge in [-0.2, -0.15) is 4.98 Å². The minimum atomic E-state index is -0.345. The summed E-state index contributed by atoms with van der Waals surface area (Å²) in [5.74, 6) is 0.781. The average molecular weight is 355 g/mol. The van der Waals surface area contributed by atoms with Gasteiger partial charge < -0.3 is 14.6 Å². The van der Waals surface area contributed by atoms with Gasteiger partial charge in [0.1, 0.15) is 0 Å². The van der Waals surface area contributed by atoms with E-state index in [4.69, 9.17) is 9.26 Å². The van der Waals surface area contributed by atoms with Crippen molar-refractivity contribution >= 4 is 29.1 Å². The lowest BCUT2D eigenvalue weighted by Crippen LogP contribution is -1.99. The molecule has 1 N–H and O–H groups in total. The van der Waals surface area contributed by atoms with Crippen LogP contribution in [0.1, 0.15) is 18.4 Å². The number of benzene rings is 1. The number of hydrogen-bond donors (Lipinski definition) is 1. The summed E-state index contributed by atoms with van der Waals surface area (Å²) in [6.07, 6.45) is 3.13. The Hall–Kier alpha value is -2.93. The first-order valence-electron chi connectivity index (χ1n) is 7.80. The molecule has 3 rings (SSSR count). The third-order valence-electron chi connectivity index (χ3n) is 3.26. The average Bonchev–Trinajstić information content (AvgIpc) is 3.30. The van der Waals surface area contributed by atoms with Gasteiger partial charge in [-0.3, -0.25) is 0 Å². The van der Waals surface area contributed by atoms with Gasteiger partial charge in [-0.05, 0) is 42.1 Å². The van der Waals surface area contributed by atoms with Crippen molar-refractivity contribution in [2.45, 2.75) is 13.5 Å². The first kappa shape index (κ1) is 16.9. The molecular formula is C18H17N3O3S. The van der Waals surface area contributed by atoms with E-state index >= 15 is 0 Å². The molecule has 0 bridgehead atoms. The van der Waals surface area contributed by atoms with Crippen LogP contribution in [0.25, 0.3) is 16.8 Å². The third-order valence-corrected chi connectivity index (χ3v) is 4.13. The normalized spacial score (nSPS) is 10.9. The summed E-state index contributed by atoms with van der Waals surface area (Å²) in [6, 6.07) is 11.6. The maximum atomic E-state index is 11.3. The van der Waals surface area contributed by atoms with Gasteiger partial charge in [-0.15, -0.1) is 11.3 Å². The summed E-state index contributed by atoms with van der Waals surface area (Å²) in [6.45, 7) is 2.59. The number of rotatable bonds is 7. The minimum absolute atomic E-state index is 0.345. The molecule has 128 valence electrons. The Bertz CT molecular complexity index is 839. The fraction of sp³-hybridized carbons (Fsp3) is 0.167. The summed E-state index contributed by atoms with van der Waals surface area (Å²) < 4.78 is 10.1. The Kier molecular flexibility index (Phi) is 5.58. The molecule has 0 fully saturated rings. The lowest BCUT2D eigenvalue weighted by molar-refractivity contribution is -0.137. The number of hydrogen-bond acceptors (Lipinski definition) is 7. The molecule has 1 aromatic carbocycles. The Morgan fingerprint density at radius 1 is 1.32 bits per heavy atom. The van der Waals surface area contributed by atoms with Gasteiger partial charge in [-0.25, -0.2) is 4.79 Å². The number of carbonyl (C=O) groups excluding carboxylic acids is 1. The number of thiophene rings is 1. The summed E-state index contributed by atoms with van der Waals surface area (Å²) in [5.41, 5.74) is 1.83. The van der Waals surface area contributed by atoms with Gasteiger partial charge in [0.05, 0.1) is 18.0 Å². The zero-order valence-corrected chi connectivity index (χ0v) is 14.5. The smallest absolute Gasteiger partial charge is 0.330 e. The highest BCUT2D eigenvalue weighted by Crippen LogP contribution is 2.21. The van der Waals surface area contributed by atoms with E-state index in [1.807, 2.05) is 41.8 Å². The molecule has 0 radical (unpaired) electrons. The molecule has 0 saturated heterocycles. The maximum Gasteiger partial charge on any atom is 0.330 e. The molecule has 2 aromatic heterocycles. The number of carbonyl (C=O) groups is 1. The van der Waals surface area contributed by atoms with Crippen molar-refractivity contribution in [2.24, 2.45) is 0 Å². The van der Waals surface area contributed by atoms with Gasteiger partial charge in [0, 0.05) is 11.8 Å². The second-order valence-corrected chi connectivity index (χ2v) is 6.00. The predicted octanol–water partition coefficient (Wildman–Crippen LogP) is 3.99. The van der Waals surface area contributed by atoms with E-state index in [1.54, 1.807) is 24.3 Å². The fourth-order valence-electron chi connectivity index (χ4n) is 2.08. The Morgan fingerprint density at radius 2 is 2.16 bits per heavy atom. The maximum absolute atomic E-state index is 11.3. The summed E-state index contributed by atoms with van der Waals surface area (Å²) in [4.78, 5) is 16.6. The van der Waals surface area contributed by atoms with Crippen molar-refractivity contribution in [3.8, 4) is 10.7 Å². The van der Waals surface area contributed by atoms with Gasteiger partial charge in [0.15, 0.2) is 0 Å². The van der Waals surface area contributed by atoms with E-state index in [0.717, 1.165) is 16.1 Å². The van der Waals surface area contributed by atoms with E-state index in [-0.39, 0.29) is 5.97 Å². The number of nitrogens with one attached hydrogen (secondary N) is 1. The van der Waals surface area contributed by atoms with E-state index in [1.165, 1.54) is 6.08 Å². The van der Waals surface area contributed by atoms with Crippen LogP contribution >= 0.6 is 11.3 Å². The number of anilines is 1. The van der Waals surface area contributed by atoms with Crippen LogP contribution in [0.3, 0.4) is 0 Å². The highest BCUT2D eigenvalue weighted by Gasteiger charge is 2.08. The van der Waals surface area contributed by atoms with Crippen molar-refractivity contribution in [2.75, 3.05) is 11.9 Å². The van der Waals surface area contributed by atoms with Gasteiger partial charge in [-0.1, -0.05) is 23.4 Å². The highest BCUT2D eigenvalue weighted by molar-refractivity contribution is 7.13. The first-order chi connectivity index (χ1) is 12.2. The van der Waals surface area contributed by atoms with Crippen LogP contribution in [0.5, 0.6) is 0 Å². The molecule has 0 atom stereocenters. The summed E-state index contributed by atoms with van der Waals surface area (Å²) in [7, 11) is 0. The van der Waals surface area contributed by atoms with Gasteiger partial charge >= 0.3 is 5.97 Å². The largest absolute Gasteiger partial charge is 0.463 e. The molecule has 0 spiro atoms. The Balaban J connectivity index is 1.54. The van der Waals surface area contributed by atoms with Crippen LogP contribution < -0.4 is 5.32 Å². The molecule has 25 heavy (non-hydrogen) atoms. The van der Waals surface area contributed by atoms with Gasteiger partial charge in [0.2, 0.25) is 11.7 Å². The van der Waals surface area contributed by atoms with E-state index in [0.29, 0.717) is 24.9 Å². The lowest BCUT2D eigenvalue weighted by Gasteiger charge is -2.03. The van der Waals surface area contributed by atoms with Crippen LogP contribution in [-0.4, -0.2) is 22.7 Å². The van der Waals surface area contributed by atoms with E-state index in [2.05, 4.69) is 15.5 Å². The molecule has 0 aliphatic heterocycles. The second-order valence-electron chi connectivity index (χ2n) is 5.05.